The average Bonchev–Trinajstić information content (AvgIpc) is 2.69. The molecule has 29 heavy (non-hydrogen) atoms. The molecule has 2 aromatic carbocycles. The highest BCUT2D eigenvalue weighted by molar-refractivity contribution is 5.94. The number of alkyl halides is 3. The molecule has 1 aromatic heterocycles. The maximum Gasteiger partial charge on any atom is 0.421 e. The van der Waals surface area contributed by atoms with Gasteiger partial charge in [0.05, 0.1) is 0 Å². The first-order valence-corrected chi connectivity index (χ1v) is 8.32. The molecule has 0 spiro atoms. The summed E-state index contributed by atoms with van der Waals surface area (Å²) in [5.41, 5.74) is 0.0639. The lowest BCUT2D eigenvalue weighted by Crippen LogP contribution is -2.17. The van der Waals surface area contributed by atoms with Gasteiger partial charge in [0, 0.05) is 30.2 Å². The van der Waals surface area contributed by atoms with E-state index in [2.05, 4.69) is 25.9 Å². The maximum atomic E-state index is 13.3. The van der Waals surface area contributed by atoms with Crippen molar-refractivity contribution in [3.05, 3.63) is 71.7 Å². The van der Waals surface area contributed by atoms with Crippen LogP contribution in [0, 0.1) is 5.82 Å². The Balaban J connectivity index is 1.88. The van der Waals surface area contributed by atoms with Crippen molar-refractivity contribution in [2.75, 3.05) is 17.7 Å². The van der Waals surface area contributed by atoms with Crippen LogP contribution in [-0.4, -0.2) is 22.9 Å². The van der Waals surface area contributed by atoms with Crippen molar-refractivity contribution < 1.29 is 22.4 Å². The monoisotopic (exact) mass is 405 g/mol. The molecule has 3 rings (SSSR count). The molecule has 1 amide bonds. The van der Waals surface area contributed by atoms with Crippen molar-refractivity contribution in [1.29, 1.82) is 0 Å². The zero-order chi connectivity index (χ0) is 21.0. The van der Waals surface area contributed by atoms with Crippen LogP contribution in [0.1, 0.15) is 15.9 Å². The molecule has 150 valence electrons. The molecule has 0 aliphatic carbocycles. The van der Waals surface area contributed by atoms with Gasteiger partial charge in [0.15, 0.2) is 0 Å². The van der Waals surface area contributed by atoms with E-state index in [1.165, 1.54) is 19.2 Å². The number of nitrogens with zero attached hydrogens (tertiary/aromatic N) is 2. The van der Waals surface area contributed by atoms with Crippen LogP contribution >= 0.6 is 0 Å². The Hall–Kier alpha value is -3.69. The molecule has 3 aromatic rings. The second kappa shape index (κ2) is 8.13. The third kappa shape index (κ3) is 4.98. The largest absolute Gasteiger partial charge is 0.421 e. The first-order chi connectivity index (χ1) is 13.8. The summed E-state index contributed by atoms with van der Waals surface area (Å²) in [4.78, 5) is 19.2. The average molecular weight is 405 g/mol. The van der Waals surface area contributed by atoms with Gasteiger partial charge in [-0.1, -0.05) is 0 Å². The van der Waals surface area contributed by atoms with E-state index in [0.29, 0.717) is 17.4 Å². The number of nitrogens with one attached hydrogen (secondary N) is 3. The number of benzene rings is 2. The second-order valence-electron chi connectivity index (χ2n) is 5.87. The van der Waals surface area contributed by atoms with Gasteiger partial charge in [-0.2, -0.15) is 18.2 Å². The molecule has 0 atom stereocenters. The topological polar surface area (TPSA) is 78.9 Å². The first kappa shape index (κ1) is 20.1. The summed E-state index contributed by atoms with van der Waals surface area (Å²) in [6.45, 7) is 0. The lowest BCUT2D eigenvalue weighted by Gasteiger charge is -2.15. The molecule has 0 saturated carbocycles. The zero-order valence-corrected chi connectivity index (χ0v) is 15.0. The molecular formula is C19H15F4N5O. The van der Waals surface area contributed by atoms with Crippen LogP contribution in [0.4, 0.5) is 40.7 Å². The predicted molar refractivity (Wildman–Crippen MR) is 99.8 cm³/mol. The molecule has 0 unspecified atom stereocenters. The van der Waals surface area contributed by atoms with E-state index in [-0.39, 0.29) is 17.5 Å². The van der Waals surface area contributed by atoms with Crippen molar-refractivity contribution in [3.8, 4) is 0 Å². The molecule has 1 heterocycles. The lowest BCUT2D eigenvalue weighted by atomic mass is 10.2. The molecule has 10 heteroatoms. The van der Waals surface area contributed by atoms with Gasteiger partial charge in [0.2, 0.25) is 5.95 Å². The van der Waals surface area contributed by atoms with Crippen molar-refractivity contribution in [1.82, 2.24) is 15.3 Å². The Morgan fingerprint density at radius 1 is 0.931 bits per heavy atom. The van der Waals surface area contributed by atoms with E-state index in [4.69, 9.17) is 0 Å². The highest BCUT2D eigenvalue weighted by Gasteiger charge is 2.35. The van der Waals surface area contributed by atoms with Gasteiger partial charge in [0.25, 0.3) is 5.91 Å². The van der Waals surface area contributed by atoms with Gasteiger partial charge in [0.1, 0.15) is 17.2 Å². The molecule has 0 fully saturated rings. The summed E-state index contributed by atoms with van der Waals surface area (Å²) in [6.07, 6.45) is -4.03. The molecule has 0 bridgehead atoms. The number of halogens is 4. The van der Waals surface area contributed by atoms with Crippen LogP contribution in [0.2, 0.25) is 0 Å². The molecule has 0 aliphatic rings. The minimum atomic E-state index is -4.68. The van der Waals surface area contributed by atoms with Crippen molar-refractivity contribution in [2.24, 2.45) is 0 Å². The third-order valence-electron chi connectivity index (χ3n) is 3.83. The number of anilines is 4. The van der Waals surface area contributed by atoms with E-state index in [1.807, 2.05) is 0 Å². The second-order valence-corrected chi connectivity index (χ2v) is 5.87. The summed E-state index contributed by atoms with van der Waals surface area (Å²) in [6, 6.07) is 11.0. The molecular weight excluding hydrogens is 390 g/mol. The van der Waals surface area contributed by atoms with Gasteiger partial charge >= 0.3 is 6.18 Å². The number of carbonyl (C=O) groups excluding carboxylic acids is 1. The number of amides is 1. The Labute approximate surface area is 163 Å². The summed E-state index contributed by atoms with van der Waals surface area (Å²) < 4.78 is 52.9. The quantitative estimate of drug-likeness (QED) is 0.546. The number of carbonyl (C=O) groups is 1. The van der Waals surface area contributed by atoms with Crippen LogP contribution in [-0.2, 0) is 6.18 Å². The SMILES string of the molecule is CNC(=O)c1ccc(Nc2ncc(C(F)(F)F)c(Nc3ccc(F)cc3)n2)cc1. The Bertz CT molecular complexity index is 1000. The van der Waals surface area contributed by atoms with Crippen LogP contribution < -0.4 is 16.0 Å². The Kier molecular flexibility index (Phi) is 5.62. The van der Waals surface area contributed by atoms with Crippen LogP contribution in [0.15, 0.2) is 54.7 Å². The van der Waals surface area contributed by atoms with Gasteiger partial charge in [-0.3, -0.25) is 4.79 Å². The molecule has 3 N–H and O–H groups in total. The summed E-state index contributed by atoms with van der Waals surface area (Å²) in [5.74, 6) is -1.36. The smallest absolute Gasteiger partial charge is 0.355 e. The highest BCUT2D eigenvalue weighted by Crippen LogP contribution is 2.35. The van der Waals surface area contributed by atoms with E-state index in [0.717, 1.165) is 12.1 Å². The van der Waals surface area contributed by atoms with Crippen molar-refractivity contribution in [3.63, 3.8) is 0 Å². The van der Waals surface area contributed by atoms with Crippen LogP contribution in [0.5, 0.6) is 0 Å². The highest BCUT2D eigenvalue weighted by atomic mass is 19.4. The van der Waals surface area contributed by atoms with E-state index >= 15 is 0 Å². The number of aromatic nitrogens is 2. The number of rotatable bonds is 5. The van der Waals surface area contributed by atoms with E-state index < -0.39 is 23.4 Å². The van der Waals surface area contributed by atoms with Gasteiger partial charge in [-0.25, -0.2) is 9.37 Å². The number of hydrogen-bond acceptors (Lipinski definition) is 5. The maximum absolute atomic E-state index is 13.3. The first-order valence-electron chi connectivity index (χ1n) is 8.32. The molecule has 0 saturated heterocycles. The standard InChI is InChI=1S/C19H15F4N5O/c1-24-17(29)11-2-6-14(7-3-11)27-18-25-10-15(19(21,22)23)16(28-18)26-13-8-4-12(20)5-9-13/h2-10H,1H3,(H,24,29)(H2,25,26,27,28). The van der Waals surface area contributed by atoms with E-state index in [9.17, 15) is 22.4 Å². The minimum absolute atomic E-state index is 0.0877. The fourth-order valence-corrected chi connectivity index (χ4v) is 2.39. The summed E-state index contributed by atoms with van der Waals surface area (Å²) in [5, 5.41) is 7.80. The predicted octanol–water partition coefficient (Wildman–Crippen LogP) is 4.48. The van der Waals surface area contributed by atoms with Crippen LogP contribution in [0.25, 0.3) is 0 Å². The lowest BCUT2D eigenvalue weighted by molar-refractivity contribution is -0.137. The fourth-order valence-electron chi connectivity index (χ4n) is 2.39. The van der Waals surface area contributed by atoms with Gasteiger partial charge in [-0.05, 0) is 48.5 Å². The molecule has 0 radical (unpaired) electrons. The van der Waals surface area contributed by atoms with Gasteiger partial charge < -0.3 is 16.0 Å². The fraction of sp³-hybridized carbons (Fsp3) is 0.105. The normalized spacial score (nSPS) is 11.1. The number of hydrogen-bond donors (Lipinski definition) is 3. The molecule has 0 aliphatic heterocycles. The molecule has 6 nitrogen and oxygen atoms in total. The van der Waals surface area contributed by atoms with Crippen LogP contribution in [0.3, 0.4) is 0 Å². The van der Waals surface area contributed by atoms with Gasteiger partial charge in [-0.15, -0.1) is 0 Å². The Morgan fingerprint density at radius 3 is 2.10 bits per heavy atom. The van der Waals surface area contributed by atoms with E-state index in [1.54, 1.807) is 24.3 Å². The Morgan fingerprint density at radius 2 is 1.52 bits per heavy atom. The summed E-state index contributed by atoms with van der Waals surface area (Å²) in [7, 11) is 1.50. The van der Waals surface area contributed by atoms with Crippen molar-refractivity contribution in [2.45, 2.75) is 6.18 Å². The van der Waals surface area contributed by atoms with Crippen molar-refractivity contribution >= 4 is 29.0 Å². The minimum Gasteiger partial charge on any atom is -0.355 e. The third-order valence-corrected chi connectivity index (χ3v) is 3.83. The summed E-state index contributed by atoms with van der Waals surface area (Å²) >= 11 is 0. The zero-order valence-electron chi connectivity index (χ0n) is 15.0.